The van der Waals surface area contributed by atoms with Crippen LogP contribution in [0.3, 0.4) is 0 Å². The lowest BCUT2D eigenvalue weighted by Gasteiger charge is -2.12. The number of hydrazone groups is 1. The summed E-state index contributed by atoms with van der Waals surface area (Å²) in [5.74, 6) is 1.41. The second kappa shape index (κ2) is 8.04. The van der Waals surface area contributed by atoms with Crippen molar-refractivity contribution in [3.63, 3.8) is 0 Å². The summed E-state index contributed by atoms with van der Waals surface area (Å²) < 4.78 is 15.5. The smallest absolute Gasteiger partial charge is 0.427 e. The van der Waals surface area contributed by atoms with E-state index in [1.807, 2.05) is 32.0 Å². The SMILES string of the molecule is CCOc1ccc(OCC)c(/C(C)=N\NC(=O)OC)c1. The Bertz CT molecular complexity index is 486. The van der Waals surface area contributed by atoms with Gasteiger partial charge in [-0.25, -0.2) is 10.2 Å². The highest BCUT2D eigenvalue weighted by Gasteiger charge is 2.09. The highest BCUT2D eigenvalue weighted by Crippen LogP contribution is 2.25. The lowest BCUT2D eigenvalue weighted by molar-refractivity contribution is 0.171. The van der Waals surface area contributed by atoms with Crippen molar-refractivity contribution in [2.45, 2.75) is 20.8 Å². The molecule has 6 nitrogen and oxygen atoms in total. The maximum Gasteiger partial charge on any atom is 0.427 e. The highest BCUT2D eigenvalue weighted by molar-refractivity contribution is 6.01. The molecule has 0 saturated heterocycles. The van der Waals surface area contributed by atoms with Crippen LogP contribution >= 0.6 is 0 Å². The van der Waals surface area contributed by atoms with Crippen LogP contribution < -0.4 is 14.9 Å². The molecule has 110 valence electrons. The normalized spacial score (nSPS) is 10.9. The molecule has 0 spiro atoms. The number of hydrogen-bond acceptors (Lipinski definition) is 5. The van der Waals surface area contributed by atoms with Crippen LogP contribution in [0.15, 0.2) is 23.3 Å². The van der Waals surface area contributed by atoms with Gasteiger partial charge in [-0.15, -0.1) is 0 Å². The predicted octanol–water partition coefficient (Wildman–Crippen LogP) is 2.56. The highest BCUT2D eigenvalue weighted by atomic mass is 16.5. The predicted molar refractivity (Wildman–Crippen MR) is 76.5 cm³/mol. The molecule has 20 heavy (non-hydrogen) atoms. The fraction of sp³-hybridized carbons (Fsp3) is 0.429. The Balaban J connectivity index is 3.04. The van der Waals surface area contributed by atoms with Crippen molar-refractivity contribution in [3.05, 3.63) is 23.8 Å². The Morgan fingerprint density at radius 3 is 2.55 bits per heavy atom. The van der Waals surface area contributed by atoms with Crippen LogP contribution in [0.2, 0.25) is 0 Å². The maximum absolute atomic E-state index is 11.0. The van der Waals surface area contributed by atoms with Crippen molar-refractivity contribution in [2.24, 2.45) is 5.10 Å². The Morgan fingerprint density at radius 1 is 1.25 bits per heavy atom. The van der Waals surface area contributed by atoms with Gasteiger partial charge in [0.25, 0.3) is 0 Å². The Labute approximate surface area is 118 Å². The second-order valence-corrected chi connectivity index (χ2v) is 3.82. The van der Waals surface area contributed by atoms with E-state index in [9.17, 15) is 4.79 Å². The van der Waals surface area contributed by atoms with Gasteiger partial charge in [0, 0.05) is 5.56 Å². The molecule has 0 saturated carbocycles. The third-order valence-electron chi connectivity index (χ3n) is 2.45. The van der Waals surface area contributed by atoms with Gasteiger partial charge in [0.15, 0.2) is 0 Å². The van der Waals surface area contributed by atoms with Gasteiger partial charge < -0.3 is 14.2 Å². The van der Waals surface area contributed by atoms with Crippen LogP contribution in [0.5, 0.6) is 11.5 Å². The van der Waals surface area contributed by atoms with E-state index in [1.165, 1.54) is 7.11 Å². The minimum absolute atomic E-state index is 0.540. The summed E-state index contributed by atoms with van der Waals surface area (Å²) in [4.78, 5) is 11.0. The number of hydrogen-bond donors (Lipinski definition) is 1. The molecular formula is C14H20N2O4. The molecule has 0 aromatic heterocycles. The average molecular weight is 280 g/mol. The Morgan fingerprint density at radius 2 is 1.95 bits per heavy atom. The molecule has 1 rings (SSSR count). The van der Waals surface area contributed by atoms with Crippen LogP contribution in [-0.4, -0.2) is 32.1 Å². The first kappa shape index (κ1) is 15.8. The summed E-state index contributed by atoms with van der Waals surface area (Å²) in [7, 11) is 1.28. The molecule has 0 bridgehead atoms. The quantitative estimate of drug-likeness (QED) is 0.642. The number of nitrogens with one attached hydrogen (secondary N) is 1. The molecule has 0 aliphatic carbocycles. The minimum atomic E-state index is -0.622. The molecule has 0 atom stereocenters. The maximum atomic E-state index is 11.0. The van der Waals surface area contributed by atoms with E-state index >= 15 is 0 Å². The largest absolute Gasteiger partial charge is 0.494 e. The molecule has 0 aliphatic heterocycles. The molecular weight excluding hydrogens is 260 g/mol. The molecule has 0 aliphatic rings. The van der Waals surface area contributed by atoms with Gasteiger partial charge in [-0.05, 0) is 39.0 Å². The lowest BCUT2D eigenvalue weighted by Crippen LogP contribution is -2.19. The minimum Gasteiger partial charge on any atom is -0.494 e. The monoisotopic (exact) mass is 280 g/mol. The summed E-state index contributed by atoms with van der Waals surface area (Å²) in [5.41, 5.74) is 3.64. The first-order chi connectivity index (χ1) is 9.62. The van der Waals surface area contributed by atoms with E-state index in [-0.39, 0.29) is 0 Å². The van der Waals surface area contributed by atoms with Crippen LogP contribution in [0.4, 0.5) is 4.79 Å². The summed E-state index contributed by atoms with van der Waals surface area (Å²) in [6, 6.07) is 5.48. The van der Waals surface area contributed by atoms with Crippen molar-refractivity contribution >= 4 is 11.8 Å². The van der Waals surface area contributed by atoms with Gasteiger partial charge in [-0.1, -0.05) is 0 Å². The number of carbonyl (C=O) groups is 1. The zero-order valence-corrected chi connectivity index (χ0v) is 12.2. The molecule has 1 N–H and O–H groups in total. The fourth-order valence-electron chi connectivity index (χ4n) is 1.57. The molecule has 0 fully saturated rings. The first-order valence-electron chi connectivity index (χ1n) is 6.40. The van der Waals surface area contributed by atoms with Gasteiger partial charge >= 0.3 is 6.09 Å². The summed E-state index contributed by atoms with van der Waals surface area (Å²) in [5, 5.41) is 3.97. The molecule has 0 heterocycles. The second-order valence-electron chi connectivity index (χ2n) is 3.82. The van der Waals surface area contributed by atoms with E-state index < -0.39 is 6.09 Å². The topological polar surface area (TPSA) is 69.2 Å². The first-order valence-corrected chi connectivity index (χ1v) is 6.40. The fourth-order valence-corrected chi connectivity index (χ4v) is 1.57. The van der Waals surface area contributed by atoms with Crippen LogP contribution in [0.1, 0.15) is 26.3 Å². The van der Waals surface area contributed by atoms with E-state index in [0.29, 0.717) is 24.7 Å². The molecule has 0 radical (unpaired) electrons. The Hall–Kier alpha value is -2.24. The number of ether oxygens (including phenoxy) is 3. The number of amides is 1. The van der Waals surface area contributed by atoms with E-state index in [1.54, 1.807) is 6.92 Å². The standard InChI is InChI=1S/C14H20N2O4/c1-5-19-11-7-8-13(20-6-2)12(9-11)10(3)15-16-14(17)18-4/h7-9H,5-6H2,1-4H3,(H,16,17)/b15-10-. The van der Waals surface area contributed by atoms with E-state index in [0.717, 1.165) is 11.3 Å². The molecule has 0 unspecified atom stereocenters. The Kier molecular flexibility index (Phi) is 6.36. The van der Waals surface area contributed by atoms with Crippen molar-refractivity contribution in [2.75, 3.05) is 20.3 Å². The van der Waals surface area contributed by atoms with Gasteiger partial charge in [-0.2, -0.15) is 5.10 Å². The van der Waals surface area contributed by atoms with Crippen molar-refractivity contribution in [3.8, 4) is 11.5 Å². The van der Waals surface area contributed by atoms with Gasteiger partial charge in [-0.3, -0.25) is 0 Å². The lowest BCUT2D eigenvalue weighted by atomic mass is 10.1. The summed E-state index contributed by atoms with van der Waals surface area (Å²) in [6.07, 6.45) is -0.622. The van der Waals surface area contributed by atoms with Crippen molar-refractivity contribution < 1.29 is 19.0 Å². The zero-order chi connectivity index (χ0) is 15.0. The van der Waals surface area contributed by atoms with Crippen molar-refractivity contribution in [1.82, 2.24) is 5.43 Å². The number of methoxy groups -OCH3 is 1. The summed E-state index contributed by atoms with van der Waals surface area (Å²) >= 11 is 0. The number of benzene rings is 1. The van der Waals surface area contributed by atoms with E-state index in [2.05, 4.69) is 15.3 Å². The van der Waals surface area contributed by atoms with Gasteiger partial charge in [0.1, 0.15) is 11.5 Å². The number of nitrogens with zero attached hydrogens (tertiary/aromatic N) is 1. The zero-order valence-electron chi connectivity index (χ0n) is 12.2. The van der Waals surface area contributed by atoms with E-state index in [4.69, 9.17) is 9.47 Å². The molecule has 1 aromatic carbocycles. The van der Waals surface area contributed by atoms with Crippen LogP contribution in [-0.2, 0) is 4.74 Å². The molecule has 1 amide bonds. The number of rotatable bonds is 6. The summed E-state index contributed by atoms with van der Waals surface area (Å²) in [6.45, 7) is 6.70. The van der Waals surface area contributed by atoms with Crippen molar-refractivity contribution in [1.29, 1.82) is 0 Å². The van der Waals surface area contributed by atoms with Crippen LogP contribution in [0, 0.1) is 0 Å². The van der Waals surface area contributed by atoms with Crippen LogP contribution in [0.25, 0.3) is 0 Å². The number of carbonyl (C=O) groups excluding carboxylic acids is 1. The van der Waals surface area contributed by atoms with Gasteiger partial charge in [0.05, 0.1) is 26.0 Å². The average Bonchev–Trinajstić information content (AvgIpc) is 2.46. The third kappa shape index (κ3) is 4.46. The molecule has 1 aromatic rings. The molecule has 6 heteroatoms. The van der Waals surface area contributed by atoms with Gasteiger partial charge in [0.2, 0.25) is 0 Å². The third-order valence-corrected chi connectivity index (χ3v) is 2.45.